The molecule has 0 aliphatic rings. The molecular weight excluding hydrogens is 82.8 g/mol. The number of hydrogen-bond acceptors (Lipinski definition) is 3. The van der Waals surface area contributed by atoms with Crippen molar-refractivity contribution >= 4 is 7.48 Å². The molecule has 0 bridgehead atoms. The van der Waals surface area contributed by atoms with Crippen molar-refractivity contribution in [1.29, 1.82) is 0 Å². The predicted molar refractivity (Wildman–Crippen MR) is 21.3 cm³/mol. The van der Waals surface area contributed by atoms with Crippen LogP contribution >= 0.6 is 0 Å². The largest absolute Gasteiger partial charge is 0.390 e. The molecule has 0 aromatic heterocycles. The summed E-state index contributed by atoms with van der Waals surface area (Å²) in [7, 11) is 2.65. The molecule has 0 heterocycles. The molecule has 1 radical (unpaired) electrons. The highest BCUT2D eigenvalue weighted by Gasteiger charge is 1.83. The van der Waals surface area contributed by atoms with Crippen LogP contribution in [0.1, 0.15) is 0 Å². The number of hydrogen-bond donors (Lipinski definition) is 1. The maximum atomic E-state index is 7.56. The van der Waals surface area contributed by atoms with Crippen LogP contribution in [-0.4, -0.2) is 26.4 Å². The first-order valence-corrected chi connectivity index (χ1v) is 1.52. The Morgan fingerprint density at radius 2 is 2.50 bits per heavy atom. The van der Waals surface area contributed by atoms with Crippen LogP contribution in [0.3, 0.4) is 0 Å². The molecular formula is C2H6BO3. The summed E-state index contributed by atoms with van der Waals surface area (Å²) in [6.45, 7) is 0.316. The molecule has 0 fully saturated rings. The second-order valence-corrected chi connectivity index (χ2v) is 0.727. The molecule has 0 unspecified atom stereocenters. The lowest BCUT2D eigenvalue weighted by Crippen LogP contribution is -2.02. The fourth-order valence-electron chi connectivity index (χ4n) is 0.0985. The Hall–Kier alpha value is -0.0551. The van der Waals surface area contributed by atoms with E-state index in [1.807, 2.05) is 0 Å². The van der Waals surface area contributed by atoms with Crippen LogP contribution in [0.15, 0.2) is 0 Å². The van der Waals surface area contributed by atoms with Crippen LogP contribution in [0.5, 0.6) is 0 Å². The zero-order valence-electron chi connectivity index (χ0n) is 3.55. The fourth-order valence-corrected chi connectivity index (χ4v) is 0.0985. The Labute approximate surface area is 37.1 Å². The molecule has 0 spiro atoms. The number of methoxy groups -OCH3 is 1. The smallest absolute Gasteiger partial charge is 0.371 e. The van der Waals surface area contributed by atoms with Gasteiger partial charge in [0, 0.05) is 7.11 Å². The van der Waals surface area contributed by atoms with E-state index in [0.29, 0.717) is 6.51 Å². The van der Waals surface area contributed by atoms with Gasteiger partial charge in [-0.05, 0) is 0 Å². The van der Waals surface area contributed by atoms with Gasteiger partial charge in [0.05, 0.1) is 6.51 Å². The van der Waals surface area contributed by atoms with Crippen molar-refractivity contribution in [1.82, 2.24) is 0 Å². The van der Waals surface area contributed by atoms with Gasteiger partial charge in [0.15, 0.2) is 0 Å². The highest BCUT2D eigenvalue weighted by Crippen LogP contribution is 1.60. The molecule has 0 amide bonds. The van der Waals surface area contributed by atoms with Gasteiger partial charge in [0.25, 0.3) is 0 Å². The lowest BCUT2D eigenvalue weighted by molar-refractivity contribution is -0.140. The van der Waals surface area contributed by atoms with Crippen LogP contribution < -0.4 is 0 Å². The Morgan fingerprint density at radius 1 is 1.83 bits per heavy atom. The minimum Gasteiger partial charge on any atom is -0.390 e. The average molecular weight is 88.9 g/mol. The quantitative estimate of drug-likeness (QED) is 0.223. The van der Waals surface area contributed by atoms with E-state index in [-0.39, 0.29) is 0 Å². The Bertz CT molecular complexity index is 20.8. The zero-order chi connectivity index (χ0) is 4.83. The van der Waals surface area contributed by atoms with Gasteiger partial charge in [-0.2, -0.15) is 0 Å². The van der Waals surface area contributed by atoms with Gasteiger partial charge in [-0.3, -0.25) is 5.26 Å². The van der Waals surface area contributed by atoms with Crippen molar-refractivity contribution in [3.8, 4) is 0 Å². The highest BCUT2D eigenvalue weighted by molar-refractivity contribution is 6.26. The van der Waals surface area contributed by atoms with Crippen molar-refractivity contribution in [3.63, 3.8) is 0 Å². The number of rotatable bonds is 3. The average Bonchev–Trinajstić information content (AvgIpc) is 1.61. The molecule has 0 saturated carbocycles. The van der Waals surface area contributed by atoms with Crippen LogP contribution in [0, 0.1) is 0 Å². The monoisotopic (exact) mass is 89.0 g/mol. The molecule has 6 heavy (non-hydrogen) atoms. The van der Waals surface area contributed by atoms with E-state index in [1.54, 1.807) is 0 Å². The molecule has 0 aromatic rings. The van der Waals surface area contributed by atoms with Gasteiger partial charge < -0.3 is 9.54 Å². The lowest BCUT2D eigenvalue weighted by Gasteiger charge is -1.86. The Balaban J connectivity index is 2.34. The third kappa shape index (κ3) is 3.94. The molecule has 0 atom stereocenters. The Morgan fingerprint density at radius 3 is 2.67 bits per heavy atom. The summed E-state index contributed by atoms with van der Waals surface area (Å²) in [5, 5.41) is 7.56. The first kappa shape index (κ1) is 5.94. The highest BCUT2D eigenvalue weighted by atomic mass is 17.1. The van der Waals surface area contributed by atoms with Gasteiger partial charge >= 0.3 is 7.48 Å². The minimum atomic E-state index is 0.316. The molecule has 3 nitrogen and oxygen atoms in total. The molecule has 35 valence electrons. The lowest BCUT2D eigenvalue weighted by atomic mass is 10.1. The molecule has 0 aliphatic carbocycles. The molecule has 0 aromatic carbocycles. The normalized spacial score (nSPS) is 8.33. The maximum absolute atomic E-state index is 7.56. The summed E-state index contributed by atoms with van der Waals surface area (Å²) in [5.41, 5.74) is 0. The minimum absolute atomic E-state index is 0.316. The van der Waals surface area contributed by atoms with Crippen molar-refractivity contribution in [3.05, 3.63) is 0 Å². The summed E-state index contributed by atoms with van der Waals surface area (Å²) in [4.78, 5) is 3.53. The van der Waals surface area contributed by atoms with Crippen molar-refractivity contribution < 1.29 is 14.8 Å². The van der Waals surface area contributed by atoms with E-state index in [2.05, 4.69) is 9.54 Å². The van der Waals surface area contributed by atoms with Gasteiger partial charge in [-0.25, -0.2) is 0 Å². The van der Waals surface area contributed by atoms with E-state index < -0.39 is 0 Å². The van der Waals surface area contributed by atoms with Crippen LogP contribution in [0.2, 0.25) is 0 Å². The van der Waals surface area contributed by atoms with Crippen molar-refractivity contribution in [2.75, 3.05) is 13.6 Å². The third-order valence-corrected chi connectivity index (χ3v) is 0.309. The van der Waals surface area contributed by atoms with Crippen molar-refractivity contribution in [2.24, 2.45) is 0 Å². The topological polar surface area (TPSA) is 38.7 Å². The summed E-state index contributed by atoms with van der Waals surface area (Å²) in [6, 6.07) is 0. The third-order valence-electron chi connectivity index (χ3n) is 0.309. The first-order chi connectivity index (χ1) is 2.91. The van der Waals surface area contributed by atoms with E-state index in [9.17, 15) is 0 Å². The summed E-state index contributed by atoms with van der Waals surface area (Å²) in [5.74, 6) is 0. The van der Waals surface area contributed by atoms with E-state index in [4.69, 9.17) is 5.26 Å². The van der Waals surface area contributed by atoms with Gasteiger partial charge in [0.1, 0.15) is 0 Å². The number of ether oxygens (including phenoxy) is 1. The van der Waals surface area contributed by atoms with E-state index in [0.717, 1.165) is 7.48 Å². The molecule has 4 heteroatoms. The molecule has 1 N–H and O–H groups in total. The zero-order valence-corrected chi connectivity index (χ0v) is 3.55. The van der Waals surface area contributed by atoms with Gasteiger partial charge in [0.2, 0.25) is 0 Å². The van der Waals surface area contributed by atoms with Crippen LogP contribution in [-0.2, 0) is 9.54 Å². The second-order valence-electron chi connectivity index (χ2n) is 0.727. The second kappa shape index (κ2) is 4.94. The van der Waals surface area contributed by atoms with Crippen LogP contribution in [0.25, 0.3) is 0 Å². The SMILES string of the molecule is COC[B]OO. The first-order valence-electron chi connectivity index (χ1n) is 1.52. The van der Waals surface area contributed by atoms with Crippen LogP contribution in [0.4, 0.5) is 0 Å². The molecule has 0 rings (SSSR count). The summed E-state index contributed by atoms with van der Waals surface area (Å²) >= 11 is 0. The van der Waals surface area contributed by atoms with Gasteiger partial charge in [-0.1, -0.05) is 0 Å². The predicted octanol–water partition coefficient (Wildman–Crippen LogP) is -0.301. The van der Waals surface area contributed by atoms with Crippen molar-refractivity contribution in [2.45, 2.75) is 0 Å². The maximum Gasteiger partial charge on any atom is 0.371 e. The standard InChI is InChI=1S/C2H6BO3/c1-5-2-3-6-4/h4H,2H2,1H3. The molecule has 0 saturated heterocycles. The fraction of sp³-hybridized carbons (Fsp3) is 1.00. The summed E-state index contributed by atoms with van der Waals surface area (Å²) < 4.78 is 4.44. The van der Waals surface area contributed by atoms with Gasteiger partial charge in [-0.15, -0.1) is 0 Å². The van der Waals surface area contributed by atoms with E-state index >= 15 is 0 Å². The summed E-state index contributed by atoms with van der Waals surface area (Å²) in [6.07, 6.45) is 0. The van der Waals surface area contributed by atoms with E-state index in [1.165, 1.54) is 7.11 Å². The molecule has 0 aliphatic heterocycles. The Kier molecular flexibility index (Phi) is 4.90.